The van der Waals surface area contributed by atoms with Crippen LogP contribution in [-0.2, 0) is 4.79 Å². The first-order valence-electron chi connectivity index (χ1n) is 8.52. The molecule has 0 radical (unpaired) electrons. The summed E-state index contributed by atoms with van der Waals surface area (Å²) in [4.78, 5) is 12.0. The minimum absolute atomic E-state index is 0.0957. The van der Waals surface area contributed by atoms with Gasteiger partial charge >= 0.3 is 0 Å². The molecule has 0 spiro atoms. The molecule has 6 nitrogen and oxygen atoms in total. The second-order valence-electron chi connectivity index (χ2n) is 5.87. The van der Waals surface area contributed by atoms with Crippen LogP contribution in [0, 0.1) is 0 Å². The molecule has 0 bridgehead atoms. The lowest BCUT2D eigenvalue weighted by Gasteiger charge is -2.10. The van der Waals surface area contributed by atoms with Gasteiger partial charge < -0.3 is 14.6 Å². The minimum atomic E-state index is -0.403. The van der Waals surface area contributed by atoms with Crippen LogP contribution in [0.1, 0.15) is 15.7 Å². The van der Waals surface area contributed by atoms with Crippen LogP contribution in [0.4, 0.5) is 0 Å². The normalized spacial score (nSPS) is 14.3. The van der Waals surface area contributed by atoms with Crippen molar-refractivity contribution in [3.05, 3.63) is 51.0 Å². The highest BCUT2D eigenvalue weighted by atomic mass is 79.9. The number of hydrogen-bond acceptors (Lipinski definition) is 7. The molecule has 29 heavy (non-hydrogen) atoms. The highest BCUT2D eigenvalue weighted by Gasteiger charge is 2.18. The van der Waals surface area contributed by atoms with E-state index in [-0.39, 0.29) is 23.1 Å². The molecule has 1 heterocycles. The van der Waals surface area contributed by atoms with Gasteiger partial charge in [0.2, 0.25) is 0 Å². The van der Waals surface area contributed by atoms with Crippen LogP contribution in [-0.4, -0.2) is 42.5 Å². The first-order chi connectivity index (χ1) is 14.0. The molecule has 2 aromatic carbocycles. The molecule has 1 amide bonds. The number of nitrogens with zero attached hydrogens (tertiary/aromatic N) is 1. The average Bonchev–Trinajstić information content (AvgIpc) is 3.27. The number of aromatic hydroxyl groups is 1. The zero-order chi connectivity index (χ0) is 20.8. The zero-order valence-electron chi connectivity index (χ0n) is 15.4. The second-order valence-corrected chi connectivity index (χ2v) is 9.76. The summed E-state index contributed by atoms with van der Waals surface area (Å²) in [6.45, 7) is -0.162. The van der Waals surface area contributed by atoms with Crippen molar-refractivity contribution in [2.45, 2.75) is 4.58 Å². The Morgan fingerprint density at radius 1 is 1.38 bits per heavy atom. The minimum Gasteiger partial charge on any atom is -0.503 e. The van der Waals surface area contributed by atoms with Crippen molar-refractivity contribution in [2.24, 2.45) is 5.10 Å². The SMILES string of the molecule is COc1cc(/C=N\NC(=O)COc2ccc(C3SCCS3)cc2)c(Br)c(Cl)c1O. The largest absolute Gasteiger partial charge is 0.503 e. The summed E-state index contributed by atoms with van der Waals surface area (Å²) in [6.07, 6.45) is 1.39. The lowest BCUT2D eigenvalue weighted by atomic mass is 10.2. The highest BCUT2D eigenvalue weighted by molar-refractivity contribution is 9.10. The van der Waals surface area contributed by atoms with Crippen LogP contribution in [0.15, 0.2) is 39.9 Å². The quantitative estimate of drug-likeness (QED) is 0.405. The number of phenolic OH excluding ortho intramolecular Hbond substituents is 1. The molecule has 1 aliphatic heterocycles. The predicted octanol–water partition coefficient (Wildman–Crippen LogP) is 4.82. The van der Waals surface area contributed by atoms with Crippen LogP contribution in [0.3, 0.4) is 0 Å². The van der Waals surface area contributed by atoms with Crippen molar-refractivity contribution in [3.8, 4) is 17.2 Å². The third-order valence-corrected chi connectivity index (χ3v) is 8.49. The van der Waals surface area contributed by atoms with Gasteiger partial charge in [-0.25, -0.2) is 5.43 Å². The fourth-order valence-electron chi connectivity index (χ4n) is 2.49. The number of methoxy groups -OCH3 is 1. The van der Waals surface area contributed by atoms with E-state index in [1.807, 2.05) is 47.8 Å². The maximum Gasteiger partial charge on any atom is 0.277 e. The molecule has 0 atom stereocenters. The van der Waals surface area contributed by atoms with Gasteiger partial charge in [-0.1, -0.05) is 23.7 Å². The molecule has 0 aromatic heterocycles. The van der Waals surface area contributed by atoms with E-state index in [2.05, 4.69) is 26.5 Å². The third-order valence-electron chi connectivity index (χ3n) is 3.93. The summed E-state index contributed by atoms with van der Waals surface area (Å²) < 4.78 is 11.5. The highest BCUT2D eigenvalue weighted by Crippen LogP contribution is 2.45. The van der Waals surface area contributed by atoms with Gasteiger partial charge in [0, 0.05) is 21.5 Å². The summed E-state index contributed by atoms with van der Waals surface area (Å²) in [5.41, 5.74) is 4.18. The summed E-state index contributed by atoms with van der Waals surface area (Å²) in [7, 11) is 1.41. The van der Waals surface area contributed by atoms with E-state index in [4.69, 9.17) is 21.1 Å². The molecule has 1 saturated heterocycles. The number of amides is 1. The van der Waals surface area contributed by atoms with Crippen LogP contribution >= 0.6 is 51.1 Å². The Kier molecular flexibility index (Phi) is 7.99. The molecule has 1 aliphatic rings. The van der Waals surface area contributed by atoms with Gasteiger partial charge in [-0.3, -0.25) is 4.79 Å². The molecule has 10 heteroatoms. The number of halogens is 2. The molecule has 3 rings (SSSR count). The van der Waals surface area contributed by atoms with Crippen molar-refractivity contribution in [2.75, 3.05) is 25.2 Å². The summed E-state index contributed by atoms with van der Waals surface area (Å²) in [6, 6.07) is 9.34. The monoisotopic (exact) mass is 516 g/mol. The second kappa shape index (κ2) is 10.5. The smallest absolute Gasteiger partial charge is 0.277 e. The van der Waals surface area contributed by atoms with Gasteiger partial charge in [0.15, 0.2) is 18.1 Å². The van der Waals surface area contributed by atoms with Crippen molar-refractivity contribution in [3.63, 3.8) is 0 Å². The molecule has 2 aromatic rings. The molecular weight excluding hydrogens is 500 g/mol. The number of nitrogens with one attached hydrogen (secondary N) is 1. The molecular formula is C19H18BrClN2O4S2. The first kappa shape index (κ1) is 22.1. The Hall–Kier alpha value is -1.55. The summed E-state index contributed by atoms with van der Waals surface area (Å²) in [5.74, 6) is 2.60. The van der Waals surface area contributed by atoms with E-state index < -0.39 is 5.91 Å². The predicted molar refractivity (Wildman–Crippen MR) is 123 cm³/mol. The van der Waals surface area contributed by atoms with Gasteiger partial charge in [-0.15, -0.1) is 23.5 Å². The molecule has 2 N–H and O–H groups in total. The number of carbonyl (C=O) groups is 1. The Labute approximate surface area is 190 Å². The summed E-state index contributed by atoms with van der Waals surface area (Å²) >= 11 is 13.2. The van der Waals surface area contributed by atoms with Gasteiger partial charge in [0.25, 0.3) is 5.91 Å². The molecule has 1 fully saturated rings. The third kappa shape index (κ3) is 5.75. The Bertz CT molecular complexity index is 906. The average molecular weight is 518 g/mol. The molecule has 0 saturated carbocycles. The van der Waals surface area contributed by atoms with E-state index in [0.717, 1.165) is 0 Å². The zero-order valence-corrected chi connectivity index (χ0v) is 19.3. The van der Waals surface area contributed by atoms with Gasteiger partial charge in [0.1, 0.15) is 10.8 Å². The number of hydrazone groups is 1. The Balaban J connectivity index is 1.52. The van der Waals surface area contributed by atoms with Gasteiger partial charge in [-0.2, -0.15) is 5.10 Å². The van der Waals surface area contributed by atoms with Crippen LogP contribution in [0.5, 0.6) is 17.2 Å². The fourth-order valence-corrected chi connectivity index (χ4v) is 5.95. The van der Waals surface area contributed by atoms with E-state index >= 15 is 0 Å². The van der Waals surface area contributed by atoms with Gasteiger partial charge in [-0.05, 0) is 39.7 Å². The van der Waals surface area contributed by atoms with Crippen LogP contribution < -0.4 is 14.9 Å². The van der Waals surface area contributed by atoms with Crippen molar-refractivity contribution in [1.82, 2.24) is 5.43 Å². The van der Waals surface area contributed by atoms with E-state index in [0.29, 0.717) is 20.4 Å². The maximum absolute atomic E-state index is 12.0. The Morgan fingerprint density at radius 3 is 2.72 bits per heavy atom. The lowest BCUT2D eigenvalue weighted by Crippen LogP contribution is -2.24. The Morgan fingerprint density at radius 2 is 2.07 bits per heavy atom. The molecule has 154 valence electrons. The van der Waals surface area contributed by atoms with Crippen molar-refractivity contribution >= 4 is 63.2 Å². The molecule has 0 aliphatic carbocycles. The van der Waals surface area contributed by atoms with E-state index in [1.54, 1.807) is 6.07 Å². The molecule has 0 unspecified atom stereocenters. The van der Waals surface area contributed by atoms with E-state index in [9.17, 15) is 9.90 Å². The number of ether oxygens (including phenoxy) is 2. The van der Waals surface area contributed by atoms with Crippen molar-refractivity contribution < 1.29 is 19.4 Å². The topological polar surface area (TPSA) is 80.2 Å². The van der Waals surface area contributed by atoms with Crippen LogP contribution in [0.2, 0.25) is 5.02 Å². The fraction of sp³-hybridized carbons (Fsp3) is 0.263. The standard InChI is InChI=1S/C19H18BrClN2O4S2/c1-26-14-8-12(16(20)17(21)18(14)25)9-22-23-15(24)10-27-13-4-2-11(3-5-13)19-28-6-7-29-19/h2-5,8-9,19,25H,6-7,10H2,1H3,(H,23,24)/b22-9-. The lowest BCUT2D eigenvalue weighted by molar-refractivity contribution is -0.123. The van der Waals surface area contributed by atoms with Crippen LogP contribution in [0.25, 0.3) is 0 Å². The number of thioether (sulfide) groups is 2. The van der Waals surface area contributed by atoms with Gasteiger partial charge in [0.05, 0.1) is 17.9 Å². The number of phenols is 1. The number of hydrogen-bond donors (Lipinski definition) is 2. The van der Waals surface area contributed by atoms with E-state index in [1.165, 1.54) is 30.4 Å². The number of rotatable bonds is 7. The van der Waals surface area contributed by atoms with Crippen molar-refractivity contribution in [1.29, 1.82) is 0 Å². The number of carbonyl (C=O) groups excluding carboxylic acids is 1. The summed E-state index contributed by atoms with van der Waals surface area (Å²) in [5, 5.41) is 13.8. The number of benzene rings is 2. The first-order valence-corrected chi connectivity index (χ1v) is 11.8. The maximum atomic E-state index is 12.0.